The maximum Gasteiger partial charge on any atom is 0.164 e. The summed E-state index contributed by atoms with van der Waals surface area (Å²) in [6.45, 7) is 2.63. The first-order valence-electron chi connectivity index (χ1n) is 5.89. The predicted octanol–water partition coefficient (Wildman–Crippen LogP) is 2.41. The average Bonchev–Trinajstić information content (AvgIpc) is 2.35. The number of ether oxygens (including phenoxy) is 2. The van der Waals surface area contributed by atoms with Crippen molar-refractivity contribution in [2.75, 3.05) is 19.8 Å². The predicted molar refractivity (Wildman–Crippen MR) is 62.4 cm³/mol. The minimum absolute atomic E-state index is 0.116. The Kier molecular flexibility index (Phi) is 3.84. The van der Waals surface area contributed by atoms with Crippen LogP contribution >= 0.6 is 0 Å². The largest absolute Gasteiger partial charge is 0.486 e. The van der Waals surface area contributed by atoms with E-state index in [-0.39, 0.29) is 6.61 Å². The third-order valence-corrected chi connectivity index (χ3v) is 2.80. The highest BCUT2D eigenvalue weighted by Gasteiger charge is 2.19. The maximum absolute atomic E-state index is 13.4. The first-order valence-corrected chi connectivity index (χ1v) is 5.89. The maximum atomic E-state index is 13.4. The zero-order valence-corrected chi connectivity index (χ0v) is 9.91. The molecule has 1 unspecified atom stereocenters. The molecule has 0 bridgehead atoms. The van der Waals surface area contributed by atoms with Gasteiger partial charge in [0.05, 0.1) is 0 Å². The average molecular weight is 240 g/mol. The summed E-state index contributed by atoms with van der Waals surface area (Å²) in [6.07, 6.45) is 0.279. The van der Waals surface area contributed by atoms with E-state index in [9.17, 15) is 4.39 Å². The van der Waals surface area contributed by atoms with Crippen molar-refractivity contribution < 1.29 is 19.0 Å². The van der Waals surface area contributed by atoms with E-state index in [0.717, 1.165) is 5.56 Å². The fourth-order valence-corrected chi connectivity index (χ4v) is 1.93. The fraction of sp³-hybridized carbons (Fsp3) is 0.538. The van der Waals surface area contributed by atoms with Gasteiger partial charge in [-0.2, -0.15) is 0 Å². The number of hydrogen-bond acceptors (Lipinski definition) is 3. The normalized spacial score (nSPS) is 15.7. The lowest BCUT2D eigenvalue weighted by Gasteiger charge is -2.22. The molecule has 0 aromatic heterocycles. The molecule has 3 nitrogen and oxygen atoms in total. The lowest BCUT2D eigenvalue weighted by atomic mass is 10.0. The molecule has 0 spiro atoms. The Morgan fingerprint density at radius 2 is 2.12 bits per heavy atom. The fourth-order valence-electron chi connectivity index (χ4n) is 1.93. The minimum atomic E-state index is -1.03. The van der Waals surface area contributed by atoms with Crippen molar-refractivity contribution in [3.8, 4) is 11.5 Å². The zero-order chi connectivity index (χ0) is 12.3. The van der Waals surface area contributed by atoms with Crippen molar-refractivity contribution in [3.05, 3.63) is 23.3 Å². The number of benzene rings is 1. The molecule has 0 radical (unpaired) electrons. The number of halogens is 1. The summed E-state index contributed by atoms with van der Waals surface area (Å²) in [5.41, 5.74) is 1.51. The van der Waals surface area contributed by atoms with Crippen molar-refractivity contribution in [1.82, 2.24) is 0 Å². The number of rotatable bonds is 4. The number of hydrogen-bond donors (Lipinski definition) is 1. The van der Waals surface area contributed by atoms with Crippen LogP contribution in [0.5, 0.6) is 11.5 Å². The van der Waals surface area contributed by atoms with Crippen molar-refractivity contribution >= 4 is 0 Å². The summed E-state index contributed by atoms with van der Waals surface area (Å²) < 4.78 is 24.4. The van der Waals surface area contributed by atoms with E-state index in [1.54, 1.807) is 12.1 Å². The Morgan fingerprint density at radius 1 is 1.35 bits per heavy atom. The minimum Gasteiger partial charge on any atom is -0.486 e. The van der Waals surface area contributed by atoms with Crippen LogP contribution in [0.4, 0.5) is 4.39 Å². The molecule has 0 amide bonds. The molecule has 1 aliphatic rings. The number of aliphatic hydroxyl groups is 1. The molecule has 1 atom stereocenters. The standard InChI is InChI=1S/C13H17FO3/c1-9(14)11-7-10(3-2-4-15)13-12(8-11)16-5-6-17-13/h7-9,15H,2-6H2,1H3. The molecule has 1 N–H and O–H groups in total. The van der Waals surface area contributed by atoms with E-state index in [1.165, 1.54) is 6.92 Å². The molecule has 1 aromatic carbocycles. The van der Waals surface area contributed by atoms with Gasteiger partial charge in [-0.25, -0.2) is 4.39 Å². The van der Waals surface area contributed by atoms with Crippen LogP contribution in [0, 0.1) is 0 Å². The summed E-state index contributed by atoms with van der Waals surface area (Å²) >= 11 is 0. The molecule has 0 saturated carbocycles. The quantitative estimate of drug-likeness (QED) is 0.878. The molecule has 1 heterocycles. The number of fused-ring (bicyclic) bond motifs is 1. The second-order valence-corrected chi connectivity index (χ2v) is 4.15. The molecule has 2 rings (SSSR count). The second-order valence-electron chi connectivity index (χ2n) is 4.15. The summed E-state index contributed by atoms with van der Waals surface area (Å²) in [6, 6.07) is 3.50. The number of alkyl halides is 1. The number of aryl methyl sites for hydroxylation is 1. The van der Waals surface area contributed by atoms with Gasteiger partial charge in [0.25, 0.3) is 0 Å². The summed E-state index contributed by atoms with van der Waals surface area (Å²) in [5.74, 6) is 1.32. The summed E-state index contributed by atoms with van der Waals surface area (Å²) in [7, 11) is 0. The Hall–Kier alpha value is -1.29. The lowest BCUT2D eigenvalue weighted by molar-refractivity contribution is 0.169. The molecule has 4 heteroatoms. The first kappa shape index (κ1) is 12.2. The van der Waals surface area contributed by atoms with Gasteiger partial charge in [-0.05, 0) is 43.0 Å². The van der Waals surface area contributed by atoms with Crippen LogP contribution in [-0.2, 0) is 6.42 Å². The topological polar surface area (TPSA) is 38.7 Å². The molecule has 1 aromatic rings. The third-order valence-electron chi connectivity index (χ3n) is 2.80. The van der Waals surface area contributed by atoms with Gasteiger partial charge in [0.15, 0.2) is 11.5 Å². The lowest BCUT2D eigenvalue weighted by Crippen LogP contribution is -2.17. The summed E-state index contributed by atoms with van der Waals surface area (Å²) in [5, 5.41) is 8.86. The van der Waals surface area contributed by atoms with E-state index >= 15 is 0 Å². The summed E-state index contributed by atoms with van der Waals surface area (Å²) in [4.78, 5) is 0. The molecular formula is C13H17FO3. The second kappa shape index (κ2) is 5.36. The van der Waals surface area contributed by atoms with Crippen LogP contribution in [0.2, 0.25) is 0 Å². The van der Waals surface area contributed by atoms with Crippen LogP contribution in [0.25, 0.3) is 0 Å². The molecule has 0 fully saturated rings. The van der Waals surface area contributed by atoms with Gasteiger partial charge in [-0.15, -0.1) is 0 Å². The van der Waals surface area contributed by atoms with Crippen molar-refractivity contribution in [3.63, 3.8) is 0 Å². The van der Waals surface area contributed by atoms with Gasteiger partial charge >= 0.3 is 0 Å². The van der Waals surface area contributed by atoms with E-state index < -0.39 is 6.17 Å². The number of aliphatic hydroxyl groups excluding tert-OH is 1. The molecule has 17 heavy (non-hydrogen) atoms. The van der Waals surface area contributed by atoms with Crippen molar-refractivity contribution in [2.24, 2.45) is 0 Å². The Balaban J connectivity index is 2.35. The van der Waals surface area contributed by atoms with Gasteiger partial charge in [-0.1, -0.05) is 0 Å². The van der Waals surface area contributed by atoms with E-state index in [0.29, 0.717) is 43.1 Å². The highest BCUT2D eigenvalue weighted by molar-refractivity contribution is 5.50. The molecule has 94 valence electrons. The van der Waals surface area contributed by atoms with Crippen molar-refractivity contribution in [2.45, 2.75) is 25.9 Å². The molecule has 0 aliphatic carbocycles. The SMILES string of the molecule is CC(F)c1cc(CCCO)c2c(c1)OCCO2. The van der Waals surface area contributed by atoms with Crippen LogP contribution < -0.4 is 9.47 Å². The van der Waals surface area contributed by atoms with Gasteiger partial charge in [-0.3, -0.25) is 0 Å². The Morgan fingerprint density at radius 3 is 2.82 bits per heavy atom. The van der Waals surface area contributed by atoms with Gasteiger partial charge in [0, 0.05) is 6.61 Å². The molecule has 1 aliphatic heterocycles. The van der Waals surface area contributed by atoms with Crippen molar-refractivity contribution in [1.29, 1.82) is 0 Å². The van der Waals surface area contributed by atoms with Gasteiger partial charge in [0.2, 0.25) is 0 Å². The molecule has 0 saturated heterocycles. The zero-order valence-electron chi connectivity index (χ0n) is 9.91. The van der Waals surface area contributed by atoms with Crippen LogP contribution in [0.3, 0.4) is 0 Å². The smallest absolute Gasteiger partial charge is 0.164 e. The third kappa shape index (κ3) is 2.69. The Bertz CT molecular complexity index is 390. The highest BCUT2D eigenvalue weighted by atomic mass is 19.1. The van der Waals surface area contributed by atoms with Gasteiger partial charge < -0.3 is 14.6 Å². The highest BCUT2D eigenvalue weighted by Crippen LogP contribution is 2.38. The van der Waals surface area contributed by atoms with Crippen LogP contribution in [0.1, 0.15) is 30.6 Å². The molecular weight excluding hydrogens is 223 g/mol. The van der Waals surface area contributed by atoms with Gasteiger partial charge in [0.1, 0.15) is 19.4 Å². The Labute approximate surface area is 100 Å². The van der Waals surface area contributed by atoms with E-state index in [4.69, 9.17) is 14.6 Å². The monoisotopic (exact) mass is 240 g/mol. The van der Waals surface area contributed by atoms with E-state index in [1.807, 2.05) is 0 Å². The van der Waals surface area contributed by atoms with Crippen LogP contribution in [0.15, 0.2) is 12.1 Å². The van der Waals surface area contributed by atoms with E-state index in [2.05, 4.69) is 0 Å². The first-order chi connectivity index (χ1) is 8.22. The van der Waals surface area contributed by atoms with Crippen LogP contribution in [-0.4, -0.2) is 24.9 Å².